The van der Waals surface area contributed by atoms with Crippen molar-refractivity contribution in [3.8, 4) is 0 Å². The van der Waals surface area contributed by atoms with E-state index in [1.165, 1.54) is 7.11 Å². The predicted octanol–water partition coefficient (Wildman–Crippen LogP) is 0.888. The quantitative estimate of drug-likeness (QED) is 0.521. The number of halogens is 1. The minimum absolute atomic E-state index is 0. The average molecular weight is 192 g/mol. The third-order valence-electron chi connectivity index (χ3n) is 1.95. The van der Waals surface area contributed by atoms with Crippen LogP contribution in [-0.4, -0.2) is 25.2 Å². The fourth-order valence-corrected chi connectivity index (χ4v) is 1.29. The van der Waals surface area contributed by atoms with Gasteiger partial charge in [0, 0.05) is 6.04 Å². The van der Waals surface area contributed by atoms with Crippen molar-refractivity contribution in [2.45, 2.75) is 24.9 Å². The smallest absolute Gasteiger partial charge is 0.322 e. The second-order valence-electron chi connectivity index (χ2n) is 2.66. The fourth-order valence-electron chi connectivity index (χ4n) is 1.29. The summed E-state index contributed by atoms with van der Waals surface area (Å²) in [6.45, 7) is 3.65. The van der Waals surface area contributed by atoms with Crippen molar-refractivity contribution in [2.75, 3.05) is 7.11 Å². The van der Waals surface area contributed by atoms with Crippen molar-refractivity contribution in [3.05, 3.63) is 12.7 Å². The number of esters is 1. The van der Waals surface area contributed by atoms with Crippen molar-refractivity contribution in [3.63, 3.8) is 0 Å². The summed E-state index contributed by atoms with van der Waals surface area (Å²) in [7, 11) is 1.41. The van der Waals surface area contributed by atoms with Gasteiger partial charge in [-0.3, -0.25) is 10.1 Å². The van der Waals surface area contributed by atoms with Gasteiger partial charge in [-0.05, 0) is 12.8 Å². The SMILES string of the molecule is C=CC1CC[C@@H](C(=O)OC)N1.Cl. The van der Waals surface area contributed by atoms with Crippen LogP contribution in [0.5, 0.6) is 0 Å². The highest BCUT2D eigenvalue weighted by Crippen LogP contribution is 2.13. The minimum atomic E-state index is -0.172. The highest BCUT2D eigenvalue weighted by Gasteiger charge is 2.27. The Kier molecular flexibility index (Phi) is 4.93. The lowest BCUT2D eigenvalue weighted by Crippen LogP contribution is -2.35. The number of hydrogen-bond acceptors (Lipinski definition) is 3. The van der Waals surface area contributed by atoms with Crippen molar-refractivity contribution in [1.29, 1.82) is 0 Å². The molecule has 0 bridgehead atoms. The van der Waals surface area contributed by atoms with E-state index >= 15 is 0 Å². The van der Waals surface area contributed by atoms with Crippen molar-refractivity contribution in [1.82, 2.24) is 5.32 Å². The Morgan fingerprint density at radius 3 is 2.75 bits per heavy atom. The van der Waals surface area contributed by atoms with E-state index < -0.39 is 0 Å². The van der Waals surface area contributed by atoms with Gasteiger partial charge in [-0.1, -0.05) is 6.08 Å². The molecule has 0 radical (unpaired) electrons. The predicted molar refractivity (Wildman–Crippen MR) is 49.4 cm³/mol. The summed E-state index contributed by atoms with van der Waals surface area (Å²) in [5, 5.41) is 3.10. The van der Waals surface area contributed by atoms with Crippen LogP contribution < -0.4 is 5.32 Å². The first-order valence-corrected chi connectivity index (χ1v) is 3.74. The Labute approximate surface area is 78.6 Å². The number of carbonyl (C=O) groups excluding carboxylic acids is 1. The lowest BCUT2D eigenvalue weighted by Gasteiger charge is -2.08. The maximum absolute atomic E-state index is 11.0. The second-order valence-corrected chi connectivity index (χ2v) is 2.66. The Morgan fingerprint density at radius 2 is 2.33 bits per heavy atom. The molecule has 12 heavy (non-hydrogen) atoms. The van der Waals surface area contributed by atoms with Gasteiger partial charge in [0.05, 0.1) is 7.11 Å². The van der Waals surface area contributed by atoms with Crippen molar-refractivity contribution < 1.29 is 9.53 Å². The first-order valence-electron chi connectivity index (χ1n) is 3.74. The molecule has 0 spiro atoms. The van der Waals surface area contributed by atoms with Gasteiger partial charge in [0.25, 0.3) is 0 Å². The number of rotatable bonds is 2. The zero-order valence-electron chi connectivity index (χ0n) is 7.08. The molecule has 0 aliphatic carbocycles. The molecular formula is C8H14ClNO2. The minimum Gasteiger partial charge on any atom is -0.468 e. The average Bonchev–Trinajstić information content (AvgIpc) is 2.50. The molecule has 0 saturated carbocycles. The van der Waals surface area contributed by atoms with Crippen LogP contribution in [0.3, 0.4) is 0 Å². The molecule has 0 aromatic heterocycles. The number of ether oxygens (including phenoxy) is 1. The zero-order valence-corrected chi connectivity index (χ0v) is 7.89. The van der Waals surface area contributed by atoms with Crippen LogP contribution in [0.1, 0.15) is 12.8 Å². The van der Waals surface area contributed by atoms with Crippen LogP contribution in [0.25, 0.3) is 0 Å². The van der Waals surface area contributed by atoms with Gasteiger partial charge in [0.2, 0.25) is 0 Å². The van der Waals surface area contributed by atoms with E-state index in [-0.39, 0.29) is 30.5 Å². The molecule has 1 fully saturated rings. The summed E-state index contributed by atoms with van der Waals surface area (Å²) >= 11 is 0. The number of nitrogens with one attached hydrogen (secondary N) is 1. The van der Waals surface area contributed by atoms with Crippen molar-refractivity contribution in [2.24, 2.45) is 0 Å². The Hall–Kier alpha value is -0.540. The lowest BCUT2D eigenvalue weighted by molar-refractivity contribution is -0.142. The molecule has 2 atom stereocenters. The Bertz CT molecular complexity index is 172. The molecule has 4 heteroatoms. The van der Waals surface area contributed by atoms with Gasteiger partial charge >= 0.3 is 5.97 Å². The van der Waals surface area contributed by atoms with Gasteiger partial charge in [-0.2, -0.15) is 0 Å². The molecule has 1 N–H and O–H groups in total. The van der Waals surface area contributed by atoms with E-state index in [4.69, 9.17) is 0 Å². The van der Waals surface area contributed by atoms with Crippen LogP contribution in [-0.2, 0) is 9.53 Å². The lowest BCUT2D eigenvalue weighted by atomic mass is 10.2. The fraction of sp³-hybridized carbons (Fsp3) is 0.625. The summed E-state index contributed by atoms with van der Waals surface area (Å²) in [5.41, 5.74) is 0. The first-order chi connectivity index (χ1) is 5.27. The number of hydrogen-bond donors (Lipinski definition) is 1. The van der Waals surface area contributed by atoms with E-state index in [1.807, 2.05) is 6.08 Å². The normalized spacial score (nSPS) is 27.4. The molecule has 0 aromatic carbocycles. The van der Waals surface area contributed by atoms with Gasteiger partial charge in [-0.15, -0.1) is 19.0 Å². The van der Waals surface area contributed by atoms with Gasteiger partial charge in [0.15, 0.2) is 0 Å². The molecule has 1 rings (SSSR count). The third kappa shape index (κ3) is 2.50. The highest BCUT2D eigenvalue weighted by molar-refractivity contribution is 5.85. The Morgan fingerprint density at radius 1 is 1.67 bits per heavy atom. The Balaban J connectivity index is 0.00000121. The summed E-state index contributed by atoms with van der Waals surface area (Å²) in [4.78, 5) is 11.0. The van der Waals surface area contributed by atoms with Crippen LogP contribution in [0, 0.1) is 0 Å². The second kappa shape index (κ2) is 5.17. The van der Waals surface area contributed by atoms with Gasteiger partial charge in [0.1, 0.15) is 6.04 Å². The third-order valence-corrected chi connectivity index (χ3v) is 1.95. The molecule has 0 amide bonds. The number of carbonyl (C=O) groups is 1. The largest absolute Gasteiger partial charge is 0.468 e. The van der Waals surface area contributed by atoms with E-state index in [2.05, 4.69) is 16.6 Å². The van der Waals surface area contributed by atoms with E-state index in [0.29, 0.717) is 0 Å². The van der Waals surface area contributed by atoms with Crippen LogP contribution in [0.2, 0.25) is 0 Å². The van der Waals surface area contributed by atoms with E-state index in [9.17, 15) is 4.79 Å². The van der Waals surface area contributed by atoms with Crippen molar-refractivity contribution >= 4 is 18.4 Å². The monoisotopic (exact) mass is 191 g/mol. The zero-order chi connectivity index (χ0) is 8.27. The molecule has 1 aliphatic rings. The number of methoxy groups -OCH3 is 1. The van der Waals surface area contributed by atoms with E-state index in [1.54, 1.807) is 0 Å². The maximum atomic E-state index is 11.0. The summed E-state index contributed by atoms with van der Waals surface area (Å²) < 4.78 is 4.59. The highest BCUT2D eigenvalue weighted by atomic mass is 35.5. The van der Waals surface area contributed by atoms with Gasteiger partial charge < -0.3 is 4.74 Å². The molecule has 70 valence electrons. The summed E-state index contributed by atoms with van der Waals surface area (Å²) in [6.07, 6.45) is 3.65. The molecule has 1 unspecified atom stereocenters. The van der Waals surface area contributed by atoms with Crippen LogP contribution >= 0.6 is 12.4 Å². The van der Waals surface area contributed by atoms with Crippen LogP contribution in [0.15, 0.2) is 12.7 Å². The molecule has 0 aromatic rings. The van der Waals surface area contributed by atoms with Crippen LogP contribution in [0.4, 0.5) is 0 Å². The molecule has 1 aliphatic heterocycles. The van der Waals surface area contributed by atoms with Gasteiger partial charge in [-0.25, -0.2) is 0 Å². The molecule has 1 saturated heterocycles. The molecular weight excluding hydrogens is 178 g/mol. The molecule has 3 nitrogen and oxygen atoms in total. The molecule has 1 heterocycles. The summed E-state index contributed by atoms with van der Waals surface area (Å²) in [6, 6.07) is 0.155. The first kappa shape index (κ1) is 11.5. The topological polar surface area (TPSA) is 38.3 Å². The standard InChI is InChI=1S/C8H13NO2.ClH/c1-3-6-4-5-7(9-6)8(10)11-2;/h3,6-7,9H,1,4-5H2,2H3;1H/t6?,7-;/m0./s1. The summed E-state index contributed by atoms with van der Waals surface area (Å²) in [5.74, 6) is -0.172. The maximum Gasteiger partial charge on any atom is 0.322 e. The van der Waals surface area contributed by atoms with E-state index in [0.717, 1.165) is 12.8 Å².